The largest absolute Gasteiger partial charge is 0.338 e. The average Bonchev–Trinajstić information content (AvgIpc) is 2.43. The molecule has 0 fully saturated rings. The number of amides is 3. The van der Waals surface area contributed by atoms with E-state index in [0.717, 1.165) is 6.42 Å². The van der Waals surface area contributed by atoms with Crippen LogP contribution in [-0.4, -0.2) is 25.0 Å². The molecule has 0 heterocycles. The summed E-state index contributed by atoms with van der Waals surface area (Å²) in [4.78, 5) is 22.8. The highest BCUT2D eigenvalue weighted by Crippen LogP contribution is 2.15. The van der Waals surface area contributed by atoms with Gasteiger partial charge < -0.3 is 10.6 Å². The number of rotatable bonds is 6. The summed E-state index contributed by atoms with van der Waals surface area (Å²) in [6.45, 7) is 4.12. The van der Waals surface area contributed by atoms with Crippen LogP contribution in [0.3, 0.4) is 0 Å². The second kappa shape index (κ2) is 8.27. The van der Waals surface area contributed by atoms with E-state index < -0.39 is 11.9 Å². The molecule has 1 aromatic carbocycles. The molecular formula is C14H20FN3O2. The Morgan fingerprint density at radius 1 is 1.30 bits per heavy atom. The van der Waals surface area contributed by atoms with Crippen molar-refractivity contribution in [2.24, 2.45) is 0 Å². The molecule has 0 aliphatic rings. The molecule has 0 saturated heterocycles. The lowest BCUT2D eigenvalue weighted by Gasteiger charge is -2.14. The van der Waals surface area contributed by atoms with Crippen molar-refractivity contribution >= 4 is 11.9 Å². The highest BCUT2D eigenvalue weighted by atomic mass is 19.1. The van der Waals surface area contributed by atoms with E-state index in [4.69, 9.17) is 0 Å². The van der Waals surface area contributed by atoms with Crippen molar-refractivity contribution in [1.29, 1.82) is 0 Å². The van der Waals surface area contributed by atoms with E-state index in [0.29, 0.717) is 12.1 Å². The summed E-state index contributed by atoms with van der Waals surface area (Å²) in [5.41, 5.74) is 0.482. The number of imide groups is 1. The topological polar surface area (TPSA) is 70.2 Å². The van der Waals surface area contributed by atoms with Gasteiger partial charge in [-0.15, -0.1) is 0 Å². The number of hydrogen-bond donors (Lipinski definition) is 3. The smallest absolute Gasteiger partial charge is 0.321 e. The van der Waals surface area contributed by atoms with Crippen molar-refractivity contribution in [3.05, 3.63) is 35.6 Å². The first kappa shape index (κ1) is 16.1. The van der Waals surface area contributed by atoms with Crippen molar-refractivity contribution in [3.63, 3.8) is 0 Å². The van der Waals surface area contributed by atoms with Gasteiger partial charge in [-0.2, -0.15) is 0 Å². The molecule has 1 unspecified atom stereocenters. The van der Waals surface area contributed by atoms with Gasteiger partial charge in [-0.3, -0.25) is 10.1 Å². The fraction of sp³-hybridized carbons (Fsp3) is 0.429. The maximum Gasteiger partial charge on any atom is 0.321 e. The zero-order valence-corrected chi connectivity index (χ0v) is 11.7. The Morgan fingerprint density at radius 3 is 2.65 bits per heavy atom. The van der Waals surface area contributed by atoms with Gasteiger partial charge in [0.1, 0.15) is 5.82 Å². The number of urea groups is 1. The summed E-state index contributed by atoms with van der Waals surface area (Å²) in [5, 5.41) is 7.59. The van der Waals surface area contributed by atoms with Gasteiger partial charge >= 0.3 is 6.03 Å². The second-order valence-electron chi connectivity index (χ2n) is 4.43. The van der Waals surface area contributed by atoms with Crippen molar-refractivity contribution in [3.8, 4) is 0 Å². The Hall–Kier alpha value is -1.95. The molecular weight excluding hydrogens is 261 g/mol. The van der Waals surface area contributed by atoms with E-state index in [-0.39, 0.29) is 18.4 Å². The van der Waals surface area contributed by atoms with Crippen molar-refractivity contribution in [1.82, 2.24) is 16.0 Å². The molecule has 20 heavy (non-hydrogen) atoms. The first-order valence-electron chi connectivity index (χ1n) is 6.60. The molecule has 0 aliphatic heterocycles. The Labute approximate surface area is 117 Å². The standard InChI is InChI=1S/C14H20FN3O2/c1-3-8-16-14(20)18-13(19)9-17-10(2)11-6-4-5-7-12(11)15/h4-7,10,17H,3,8-9H2,1-2H3,(H2,16,18,19,20). The predicted octanol–water partition coefficient (Wildman–Crippen LogP) is 1.71. The van der Waals surface area contributed by atoms with Crippen LogP contribution in [-0.2, 0) is 4.79 Å². The quantitative estimate of drug-likeness (QED) is 0.743. The minimum atomic E-state index is -0.516. The number of carbonyl (C=O) groups is 2. The van der Waals surface area contributed by atoms with Gasteiger partial charge in [0.25, 0.3) is 0 Å². The maximum absolute atomic E-state index is 13.5. The fourth-order valence-electron chi connectivity index (χ4n) is 1.64. The second-order valence-corrected chi connectivity index (χ2v) is 4.43. The summed E-state index contributed by atoms with van der Waals surface area (Å²) < 4.78 is 13.5. The minimum Gasteiger partial charge on any atom is -0.338 e. The average molecular weight is 281 g/mol. The molecule has 110 valence electrons. The van der Waals surface area contributed by atoms with Gasteiger partial charge in [-0.25, -0.2) is 9.18 Å². The van der Waals surface area contributed by atoms with Crippen LogP contribution in [0.5, 0.6) is 0 Å². The van der Waals surface area contributed by atoms with Gasteiger partial charge in [-0.05, 0) is 19.4 Å². The monoisotopic (exact) mass is 281 g/mol. The van der Waals surface area contributed by atoms with Crippen LogP contribution in [0.4, 0.5) is 9.18 Å². The summed E-state index contributed by atoms with van der Waals surface area (Å²) in [6.07, 6.45) is 0.796. The molecule has 6 heteroatoms. The first-order chi connectivity index (χ1) is 9.54. The van der Waals surface area contributed by atoms with Crippen LogP contribution in [0, 0.1) is 5.82 Å². The Bertz CT molecular complexity index is 465. The van der Waals surface area contributed by atoms with Gasteiger partial charge in [0.15, 0.2) is 0 Å². The lowest BCUT2D eigenvalue weighted by atomic mass is 10.1. The van der Waals surface area contributed by atoms with Crippen LogP contribution in [0.1, 0.15) is 31.9 Å². The Morgan fingerprint density at radius 2 is 2.00 bits per heavy atom. The molecule has 3 amide bonds. The highest BCUT2D eigenvalue weighted by Gasteiger charge is 2.12. The zero-order valence-electron chi connectivity index (χ0n) is 11.7. The van der Waals surface area contributed by atoms with Crippen LogP contribution < -0.4 is 16.0 Å². The molecule has 0 aromatic heterocycles. The first-order valence-corrected chi connectivity index (χ1v) is 6.60. The lowest BCUT2D eigenvalue weighted by molar-refractivity contribution is -0.119. The summed E-state index contributed by atoms with van der Waals surface area (Å²) >= 11 is 0. The highest BCUT2D eigenvalue weighted by molar-refractivity contribution is 5.95. The minimum absolute atomic E-state index is 0.0605. The maximum atomic E-state index is 13.5. The van der Waals surface area contributed by atoms with E-state index in [1.54, 1.807) is 25.1 Å². The number of hydrogen-bond acceptors (Lipinski definition) is 3. The predicted molar refractivity (Wildman–Crippen MR) is 74.7 cm³/mol. The third kappa shape index (κ3) is 5.36. The molecule has 1 atom stereocenters. The van der Waals surface area contributed by atoms with E-state index in [1.807, 2.05) is 6.92 Å². The summed E-state index contributed by atoms with van der Waals surface area (Å²) in [7, 11) is 0. The van der Waals surface area contributed by atoms with Crippen molar-refractivity contribution < 1.29 is 14.0 Å². The Balaban J connectivity index is 2.37. The summed E-state index contributed by atoms with van der Waals surface area (Å²) in [5.74, 6) is -0.782. The molecule has 1 rings (SSSR count). The fourth-order valence-corrected chi connectivity index (χ4v) is 1.64. The Kier molecular flexibility index (Phi) is 6.66. The molecule has 1 aromatic rings. The van der Waals surface area contributed by atoms with Gasteiger partial charge in [0, 0.05) is 18.2 Å². The molecule has 0 radical (unpaired) electrons. The molecule has 0 spiro atoms. The molecule has 3 N–H and O–H groups in total. The van der Waals surface area contributed by atoms with Gasteiger partial charge in [0.2, 0.25) is 5.91 Å². The van der Waals surface area contributed by atoms with E-state index in [9.17, 15) is 14.0 Å². The van der Waals surface area contributed by atoms with Crippen LogP contribution in [0.25, 0.3) is 0 Å². The van der Waals surface area contributed by atoms with Crippen molar-refractivity contribution in [2.75, 3.05) is 13.1 Å². The molecule has 5 nitrogen and oxygen atoms in total. The number of halogens is 1. The van der Waals surface area contributed by atoms with Crippen LogP contribution in [0.2, 0.25) is 0 Å². The van der Waals surface area contributed by atoms with E-state index in [1.165, 1.54) is 6.07 Å². The number of nitrogens with one attached hydrogen (secondary N) is 3. The van der Waals surface area contributed by atoms with Crippen molar-refractivity contribution in [2.45, 2.75) is 26.3 Å². The molecule has 0 aliphatic carbocycles. The zero-order chi connectivity index (χ0) is 15.0. The SMILES string of the molecule is CCCNC(=O)NC(=O)CNC(C)c1ccccc1F. The van der Waals surface area contributed by atoms with Crippen LogP contribution >= 0.6 is 0 Å². The van der Waals surface area contributed by atoms with Gasteiger partial charge in [0.05, 0.1) is 6.54 Å². The van der Waals surface area contributed by atoms with Gasteiger partial charge in [-0.1, -0.05) is 25.1 Å². The normalized spacial score (nSPS) is 11.8. The molecule has 0 saturated carbocycles. The summed E-state index contributed by atoms with van der Waals surface area (Å²) in [6, 6.07) is 5.52. The number of carbonyl (C=O) groups excluding carboxylic acids is 2. The third-order valence-corrected chi connectivity index (χ3v) is 2.73. The van der Waals surface area contributed by atoms with E-state index in [2.05, 4.69) is 16.0 Å². The lowest BCUT2D eigenvalue weighted by Crippen LogP contribution is -2.44. The number of benzene rings is 1. The third-order valence-electron chi connectivity index (χ3n) is 2.73. The van der Waals surface area contributed by atoms with Crippen LogP contribution in [0.15, 0.2) is 24.3 Å². The van der Waals surface area contributed by atoms with E-state index >= 15 is 0 Å². The molecule has 0 bridgehead atoms.